The highest BCUT2D eigenvalue weighted by molar-refractivity contribution is 6.31. The molecule has 0 unspecified atom stereocenters. The number of halogens is 1. The van der Waals surface area contributed by atoms with Gasteiger partial charge in [0.05, 0.1) is 6.54 Å². The number of hydrogen-bond donors (Lipinski definition) is 1. The second-order valence-electron chi connectivity index (χ2n) is 3.03. The second-order valence-corrected chi connectivity index (χ2v) is 3.43. The molecule has 0 radical (unpaired) electrons. The Morgan fingerprint density at radius 3 is 2.54 bits per heavy atom. The first-order valence-electron chi connectivity index (χ1n) is 4.06. The normalized spacial score (nSPS) is 10.2. The largest absolute Gasteiger partial charge is 0.324 e. The molecule has 1 aromatic rings. The van der Waals surface area contributed by atoms with Gasteiger partial charge in [0.1, 0.15) is 0 Å². The van der Waals surface area contributed by atoms with Crippen LogP contribution in [0.15, 0.2) is 12.1 Å². The van der Waals surface area contributed by atoms with Crippen molar-refractivity contribution in [1.82, 2.24) is 0 Å². The molecule has 0 aliphatic carbocycles. The van der Waals surface area contributed by atoms with Crippen molar-refractivity contribution in [2.45, 2.75) is 13.8 Å². The number of hydrogen-bond acceptors (Lipinski definition) is 2. The molecule has 0 saturated carbocycles. The molecule has 0 atom stereocenters. The lowest BCUT2D eigenvalue weighted by atomic mass is 10.0. The van der Waals surface area contributed by atoms with Crippen LogP contribution in [-0.4, -0.2) is 12.3 Å². The molecule has 0 bridgehead atoms. The van der Waals surface area contributed by atoms with E-state index in [1.54, 1.807) is 6.07 Å². The summed E-state index contributed by atoms with van der Waals surface area (Å²) in [5.41, 5.74) is 7.87. The molecule has 1 rings (SSSR count). The molecule has 2 N–H and O–H groups in total. The van der Waals surface area contributed by atoms with E-state index in [2.05, 4.69) is 0 Å². The molecule has 0 aromatic heterocycles. The van der Waals surface area contributed by atoms with Gasteiger partial charge in [0.2, 0.25) is 0 Å². The van der Waals surface area contributed by atoms with Crippen molar-refractivity contribution in [2.24, 2.45) is 5.73 Å². The highest BCUT2D eigenvalue weighted by Crippen LogP contribution is 2.21. The average Bonchev–Trinajstić information content (AvgIpc) is 2.12. The van der Waals surface area contributed by atoms with Gasteiger partial charge in [-0.25, -0.2) is 0 Å². The van der Waals surface area contributed by atoms with E-state index in [4.69, 9.17) is 17.3 Å². The Hall–Kier alpha value is -0.860. The van der Waals surface area contributed by atoms with Crippen LogP contribution in [0.5, 0.6) is 0 Å². The third-order valence-electron chi connectivity index (χ3n) is 2.11. The zero-order valence-electron chi connectivity index (χ0n) is 7.73. The van der Waals surface area contributed by atoms with E-state index in [9.17, 15) is 4.79 Å². The van der Waals surface area contributed by atoms with E-state index in [-0.39, 0.29) is 12.3 Å². The standard InChI is InChI=1S/C10H12ClNO/c1-6-3-8(10(13)5-12)4-9(11)7(6)2/h3-4H,5,12H2,1-2H3. The van der Waals surface area contributed by atoms with Crippen molar-refractivity contribution in [3.05, 3.63) is 33.8 Å². The van der Waals surface area contributed by atoms with Crippen LogP contribution in [0.4, 0.5) is 0 Å². The van der Waals surface area contributed by atoms with Gasteiger partial charge in [-0.15, -0.1) is 0 Å². The molecule has 0 fully saturated rings. The minimum absolute atomic E-state index is 0.0266. The fourth-order valence-corrected chi connectivity index (χ4v) is 1.36. The molecule has 3 heteroatoms. The number of carbonyl (C=O) groups excluding carboxylic acids is 1. The fourth-order valence-electron chi connectivity index (χ4n) is 1.10. The zero-order chi connectivity index (χ0) is 10.0. The lowest BCUT2D eigenvalue weighted by molar-refractivity contribution is 0.100. The second kappa shape index (κ2) is 3.90. The predicted molar refractivity (Wildman–Crippen MR) is 54.3 cm³/mol. The summed E-state index contributed by atoms with van der Waals surface area (Å²) in [5.74, 6) is -0.0787. The molecule has 0 spiro atoms. The molecule has 70 valence electrons. The van der Waals surface area contributed by atoms with E-state index >= 15 is 0 Å². The van der Waals surface area contributed by atoms with Gasteiger partial charge in [-0.1, -0.05) is 11.6 Å². The molecule has 2 nitrogen and oxygen atoms in total. The van der Waals surface area contributed by atoms with Gasteiger partial charge in [-0.3, -0.25) is 4.79 Å². The summed E-state index contributed by atoms with van der Waals surface area (Å²) in [5, 5.41) is 0.622. The molecule has 0 heterocycles. The lowest BCUT2D eigenvalue weighted by Crippen LogP contribution is -2.13. The smallest absolute Gasteiger partial charge is 0.176 e. The van der Waals surface area contributed by atoms with Crippen LogP contribution in [0.1, 0.15) is 21.5 Å². The van der Waals surface area contributed by atoms with Gasteiger partial charge in [-0.05, 0) is 37.1 Å². The van der Waals surface area contributed by atoms with Gasteiger partial charge >= 0.3 is 0 Å². The Morgan fingerprint density at radius 1 is 1.46 bits per heavy atom. The number of carbonyl (C=O) groups is 1. The minimum Gasteiger partial charge on any atom is -0.324 e. The van der Waals surface area contributed by atoms with Crippen LogP contribution in [0.25, 0.3) is 0 Å². The predicted octanol–water partition coefficient (Wildman–Crippen LogP) is 2.10. The van der Waals surface area contributed by atoms with Crippen molar-refractivity contribution in [3.8, 4) is 0 Å². The lowest BCUT2D eigenvalue weighted by Gasteiger charge is -2.05. The highest BCUT2D eigenvalue weighted by atomic mass is 35.5. The van der Waals surface area contributed by atoms with Crippen LogP contribution >= 0.6 is 11.6 Å². The van der Waals surface area contributed by atoms with Crippen LogP contribution < -0.4 is 5.73 Å². The molecule has 0 aliphatic rings. The Morgan fingerprint density at radius 2 is 2.08 bits per heavy atom. The highest BCUT2D eigenvalue weighted by Gasteiger charge is 2.07. The van der Waals surface area contributed by atoms with Crippen LogP contribution in [-0.2, 0) is 0 Å². The summed E-state index contributed by atoms with van der Waals surface area (Å²) in [6, 6.07) is 3.48. The minimum atomic E-state index is -0.0787. The average molecular weight is 198 g/mol. The first-order valence-corrected chi connectivity index (χ1v) is 4.44. The SMILES string of the molecule is Cc1cc(C(=O)CN)cc(Cl)c1C. The summed E-state index contributed by atoms with van der Waals surface area (Å²) in [6.45, 7) is 3.88. The monoisotopic (exact) mass is 197 g/mol. The number of ketones is 1. The van der Waals surface area contributed by atoms with Gasteiger partial charge < -0.3 is 5.73 Å². The van der Waals surface area contributed by atoms with E-state index in [1.807, 2.05) is 19.9 Å². The quantitative estimate of drug-likeness (QED) is 0.738. The van der Waals surface area contributed by atoms with Gasteiger partial charge in [0.25, 0.3) is 0 Å². The molecular formula is C10H12ClNO. The molecule has 0 saturated heterocycles. The van der Waals surface area contributed by atoms with Gasteiger partial charge in [-0.2, -0.15) is 0 Å². The number of Topliss-reactive ketones (excluding diaryl/α,β-unsaturated/α-hetero) is 1. The maximum Gasteiger partial charge on any atom is 0.176 e. The van der Waals surface area contributed by atoms with E-state index in [0.29, 0.717) is 10.6 Å². The first-order chi connectivity index (χ1) is 6.06. The van der Waals surface area contributed by atoms with E-state index in [0.717, 1.165) is 11.1 Å². The maximum absolute atomic E-state index is 11.2. The first kappa shape index (κ1) is 10.2. The molecule has 13 heavy (non-hydrogen) atoms. The topological polar surface area (TPSA) is 43.1 Å². The third-order valence-corrected chi connectivity index (χ3v) is 2.50. The zero-order valence-corrected chi connectivity index (χ0v) is 8.48. The van der Waals surface area contributed by atoms with Crippen molar-refractivity contribution < 1.29 is 4.79 Å². The van der Waals surface area contributed by atoms with Gasteiger partial charge in [0, 0.05) is 10.6 Å². The van der Waals surface area contributed by atoms with Crippen molar-refractivity contribution >= 4 is 17.4 Å². The fraction of sp³-hybridized carbons (Fsp3) is 0.300. The maximum atomic E-state index is 11.2. The van der Waals surface area contributed by atoms with E-state index < -0.39 is 0 Å². The number of rotatable bonds is 2. The summed E-state index contributed by atoms with van der Waals surface area (Å²) >= 11 is 5.93. The summed E-state index contributed by atoms with van der Waals surface area (Å²) in [4.78, 5) is 11.2. The Labute approximate surface area is 82.7 Å². The Kier molecular flexibility index (Phi) is 3.07. The summed E-state index contributed by atoms with van der Waals surface area (Å²) in [7, 11) is 0. The summed E-state index contributed by atoms with van der Waals surface area (Å²) < 4.78 is 0. The van der Waals surface area contributed by atoms with Crippen molar-refractivity contribution in [3.63, 3.8) is 0 Å². The molecule has 0 amide bonds. The Bertz CT molecular complexity index is 324. The third kappa shape index (κ3) is 2.08. The number of nitrogens with two attached hydrogens (primary N) is 1. The number of aryl methyl sites for hydroxylation is 1. The van der Waals surface area contributed by atoms with E-state index in [1.165, 1.54) is 0 Å². The van der Waals surface area contributed by atoms with Crippen molar-refractivity contribution in [1.29, 1.82) is 0 Å². The summed E-state index contributed by atoms with van der Waals surface area (Å²) in [6.07, 6.45) is 0. The van der Waals surface area contributed by atoms with Crippen LogP contribution in [0.3, 0.4) is 0 Å². The van der Waals surface area contributed by atoms with Crippen molar-refractivity contribution in [2.75, 3.05) is 6.54 Å². The molecule has 0 aliphatic heterocycles. The van der Waals surface area contributed by atoms with Crippen LogP contribution in [0, 0.1) is 13.8 Å². The van der Waals surface area contributed by atoms with Gasteiger partial charge in [0.15, 0.2) is 5.78 Å². The Balaban J connectivity index is 3.20. The molecular weight excluding hydrogens is 186 g/mol. The van der Waals surface area contributed by atoms with Crippen LogP contribution in [0.2, 0.25) is 5.02 Å². The molecule has 1 aromatic carbocycles. The number of benzene rings is 1.